The van der Waals surface area contributed by atoms with Crippen LogP contribution in [0.4, 0.5) is 0 Å². The van der Waals surface area contributed by atoms with Crippen LogP contribution >= 0.6 is 0 Å². The van der Waals surface area contributed by atoms with Crippen LogP contribution in [-0.4, -0.2) is 55.1 Å². The average molecular weight is 253 g/mol. The smallest absolute Gasteiger partial charge is 0.237 e. The third-order valence-electron chi connectivity index (χ3n) is 4.49. The summed E-state index contributed by atoms with van der Waals surface area (Å²) in [5.74, 6) is 0.286. The van der Waals surface area contributed by atoms with Gasteiger partial charge in [-0.25, -0.2) is 0 Å². The summed E-state index contributed by atoms with van der Waals surface area (Å²) in [5, 5.41) is 3.34. The van der Waals surface area contributed by atoms with Gasteiger partial charge in [0.05, 0.1) is 12.7 Å². The molecule has 0 saturated carbocycles. The van der Waals surface area contributed by atoms with Crippen molar-refractivity contribution in [1.82, 2.24) is 15.1 Å². The highest BCUT2D eigenvalue weighted by molar-refractivity contribution is 5.80. The summed E-state index contributed by atoms with van der Waals surface area (Å²) in [4.78, 5) is 16.5. The number of hydrogen-bond donors (Lipinski definition) is 1. The lowest BCUT2D eigenvalue weighted by atomic mass is 9.80. The molecule has 0 aromatic carbocycles. The van der Waals surface area contributed by atoms with Gasteiger partial charge in [-0.1, -0.05) is 20.3 Å². The van der Waals surface area contributed by atoms with Gasteiger partial charge in [-0.15, -0.1) is 0 Å². The van der Waals surface area contributed by atoms with E-state index in [2.05, 4.69) is 36.0 Å². The van der Waals surface area contributed by atoms with E-state index < -0.39 is 0 Å². The minimum absolute atomic E-state index is 0.277. The second-order valence-electron chi connectivity index (χ2n) is 6.32. The Morgan fingerprint density at radius 1 is 1.39 bits per heavy atom. The fraction of sp³-hybridized carbons (Fsp3) is 0.929. The molecule has 18 heavy (non-hydrogen) atoms. The van der Waals surface area contributed by atoms with E-state index in [1.54, 1.807) is 0 Å². The van der Waals surface area contributed by atoms with Crippen molar-refractivity contribution in [2.24, 2.45) is 5.41 Å². The van der Waals surface area contributed by atoms with Crippen LogP contribution in [0.1, 0.15) is 39.5 Å². The molecule has 4 nitrogen and oxygen atoms in total. The van der Waals surface area contributed by atoms with E-state index in [1.807, 2.05) is 0 Å². The van der Waals surface area contributed by atoms with Gasteiger partial charge in [0.2, 0.25) is 5.91 Å². The van der Waals surface area contributed by atoms with Crippen molar-refractivity contribution in [2.45, 2.75) is 45.7 Å². The van der Waals surface area contributed by atoms with Gasteiger partial charge >= 0.3 is 0 Å². The van der Waals surface area contributed by atoms with Crippen molar-refractivity contribution in [2.75, 3.05) is 33.2 Å². The molecule has 2 aliphatic rings. The van der Waals surface area contributed by atoms with Crippen molar-refractivity contribution in [3.63, 3.8) is 0 Å². The maximum atomic E-state index is 12.0. The molecule has 2 saturated heterocycles. The Morgan fingerprint density at radius 2 is 2.06 bits per heavy atom. The first-order valence-corrected chi connectivity index (χ1v) is 7.25. The molecule has 104 valence electrons. The van der Waals surface area contributed by atoms with Gasteiger partial charge in [-0.05, 0) is 44.8 Å². The first-order valence-electron chi connectivity index (χ1n) is 7.25. The molecule has 1 N–H and O–H groups in total. The highest BCUT2D eigenvalue weighted by atomic mass is 16.2. The molecule has 2 rings (SSSR count). The molecule has 0 aromatic rings. The number of nitrogens with zero attached hydrogens (tertiary/aromatic N) is 2. The molecule has 1 unspecified atom stereocenters. The zero-order chi connectivity index (χ0) is 13.2. The minimum atomic E-state index is 0.277. The Balaban J connectivity index is 1.96. The van der Waals surface area contributed by atoms with Gasteiger partial charge in [-0.2, -0.15) is 0 Å². The Hall–Kier alpha value is -0.610. The molecule has 1 amide bonds. The number of carbonyl (C=O) groups excluding carboxylic acids is 1. The van der Waals surface area contributed by atoms with Crippen LogP contribution in [0.3, 0.4) is 0 Å². The standard InChI is InChI=1S/C14H27N3O/c1-4-5-12-15-10-13(18)17(12)11-14(2)6-8-16(3)9-7-14/h12,15H,4-11H2,1-3H3. The lowest BCUT2D eigenvalue weighted by Gasteiger charge is -2.41. The first kappa shape index (κ1) is 13.8. The average Bonchev–Trinajstić information content (AvgIpc) is 2.67. The van der Waals surface area contributed by atoms with Gasteiger partial charge < -0.3 is 9.80 Å². The molecule has 0 aliphatic carbocycles. The van der Waals surface area contributed by atoms with Crippen LogP contribution in [0.15, 0.2) is 0 Å². The van der Waals surface area contributed by atoms with E-state index in [4.69, 9.17) is 0 Å². The van der Waals surface area contributed by atoms with Gasteiger partial charge in [0.25, 0.3) is 0 Å². The van der Waals surface area contributed by atoms with E-state index in [1.165, 1.54) is 12.8 Å². The van der Waals surface area contributed by atoms with Crippen LogP contribution in [0.2, 0.25) is 0 Å². The summed E-state index contributed by atoms with van der Waals surface area (Å²) in [6.45, 7) is 8.29. The van der Waals surface area contributed by atoms with Crippen molar-refractivity contribution in [3.8, 4) is 0 Å². The topological polar surface area (TPSA) is 35.6 Å². The highest BCUT2D eigenvalue weighted by Crippen LogP contribution is 2.32. The maximum absolute atomic E-state index is 12.0. The molecule has 1 atom stereocenters. The second kappa shape index (κ2) is 5.57. The lowest BCUT2D eigenvalue weighted by molar-refractivity contribution is -0.130. The molecule has 2 fully saturated rings. The van der Waals surface area contributed by atoms with Gasteiger partial charge in [0, 0.05) is 6.54 Å². The zero-order valence-corrected chi connectivity index (χ0v) is 12.0. The fourth-order valence-electron chi connectivity index (χ4n) is 3.05. The maximum Gasteiger partial charge on any atom is 0.237 e. The summed E-state index contributed by atoms with van der Waals surface area (Å²) >= 11 is 0. The van der Waals surface area contributed by atoms with E-state index >= 15 is 0 Å². The third kappa shape index (κ3) is 3.04. The van der Waals surface area contributed by atoms with E-state index in [0.29, 0.717) is 12.0 Å². The van der Waals surface area contributed by atoms with Crippen LogP contribution < -0.4 is 5.32 Å². The van der Waals surface area contributed by atoms with E-state index in [-0.39, 0.29) is 12.1 Å². The lowest BCUT2D eigenvalue weighted by Crippen LogP contribution is -2.47. The zero-order valence-electron chi connectivity index (χ0n) is 12.0. The number of hydrogen-bond acceptors (Lipinski definition) is 3. The molecule has 4 heteroatoms. The van der Waals surface area contributed by atoms with Crippen LogP contribution in [-0.2, 0) is 4.79 Å². The molecule has 0 spiro atoms. The Bertz CT molecular complexity index is 297. The monoisotopic (exact) mass is 253 g/mol. The van der Waals surface area contributed by atoms with Crippen LogP contribution in [0.5, 0.6) is 0 Å². The number of nitrogens with one attached hydrogen (secondary N) is 1. The van der Waals surface area contributed by atoms with Crippen molar-refractivity contribution in [3.05, 3.63) is 0 Å². The van der Waals surface area contributed by atoms with Crippen molar-refractivity contribution >= 4 is 5.91 Å². The summed E-state index contributed by atoms with van der Waals surface area (Å²) in [6.07, 6.45) is 4.87. The first-order chi connectivity index (χ1) is 8.54. The highest BCUT2D eigenvalue weighted by Gasteiger charge is 2.37. The fourth-order valence-corrected chi connectivity index (χ4v) is 3.05. The number of rotatable bonds is 4. The quantitative estimate of drug-likeness (QED) is 0.820. The third-order valence-corrected chi connectivity index (χ3v) is 4.49. The molecule has 2 aliphatic heterocycles. The van der Waals surface area contributed by atoms with E-state index in [9.17, 15) is 4.79 Å². The largest absolute Gasteiger partial charge is 0.326 e. The summed E-state index contributed by atoms with van der Waals surface area (Å²) in [6, 6.07) is 0. The van der Waals surface area contributed by atoms with Crippen molar-refractivity contribution < 1.29 is 4.79 Å². The van der Waals surface area contributed by atoms with Crippen LogP contribution in [0, 0.1) is 5.41 Å². The number of amides is 1. The van der Waals surface area contributed by atoms with Crippen molar-refractivity contribution in [1.29, 1.82) is 0 Å². The SMILES string of the molecule is CCCC1NCC(=O)N1CC1(C)CCN(C)CC1. The molecular formula is C14H27N3O. The minimum Gasteiger partial charge on any atom is -0.326 e. The molecule has 0 bridgehead atoms. The predicted molar refractivity (Wildman–Crippen MR) is 73.2 cm³/mol. The van der Waals surface area contributed by atoms with Crippen LogP contribution in [0.25, 0.3) is 0 Å². The number of piperidine rings is 1. The summed E-state index contributed by atoms with van der Waals surface area (Å²) in [7, 11) is 2.18. The van der Waals surface area contributed by atoms with Gasteiger partial charge in [0.1, 0.15) is 0 Å². The Morgan fingerprint density at radius 3 is 2.67 bits per heavy atom. The molecule has 0 aromatic heterocycles. The van der Waals surface area contributed by atoms with Gasteiger partial charge in [-0.3, -0.25) is 10.1 Å². The normalized spacial score (nSPS) is 28.9. The predicted octanol–water partition coefficient (Wildman–Crippen LogP) is 1.28. The molecule has 0 radical (unpaired) electrons. The van der Waals surface area contributed by atoms with E-state index in [0.717, 1.165) is 32.5 Å². The summed E-state index contributed by atoms with van der Waals surface area (Å²) < 4.78 is 0. The Kier molecular flexibility index (Phi) is 4.28. The summed E-state index contributed by atoms with van der Waals surface area (Å²) in [5.41, 5.74) is 0.306. The Labute approximate surface area is 111 Å². The molecular weight excluding hydrogens is 226 g/mol. The molecule has 2 heterocycles. The van der Waals surface area contributed by atoms with Gasteiger partial charge in [0.15, 0.2) is 0 Å². The number of likely N-dealkylation sites (tertiary alicyclic amines) is 1. The number of carbonyl (C=O) groups is 1. The second-order valence-corrected chi connectivity index (χ2v) is 6.32.